The molecule has 1 aromatic heterocycles. The molecule has 2 aliphatic heterocycles. The van der Waals surface area contributed by atoms with E-state index in [-0.39, 0.29) is 16.6 Å². The molecule has 0 aliphatic carbocycles. The van der Waals surface area contributed by atoms with Crippen LogP contribution in [0.15, 0.2) is 59.6 Å². The van der Waals surface area contributed by atoms with Gasteiger partial charge in [0.05, 0.1) is 35.4 Å². The van der Waals surface area contributed by atoms with Crippen molar-refractivity contribution in [1.82, 2.24) is 14.8 Å². The van der Waals surface area contributed by atoms with E-state index in [9.17, 15) is 13.2 Å². The number of carbonyl (C=O) groups excluding carboxylic acids is 1. The highest BCUT2D eigenvalue weighted by molar-refractivity contribution is 7.90. The van der Waals surface area contributed by atoms with E-state index in [1.165, 1.54) is 7.11 Å². The molecule has 9 heteroatoms. The zero-order valence-electron chi connectivity index (χ0n) is 20.4. The predicted octanol–water partition coefficient (Wildman–Crippen LogP) is 3.01. The quantitative estimate of drug-likeness (QED) is 0.484. The van der Waals surface area contributed by atoms with Crippen LogP contribution in [0.25, 0.3) is 10.9 Å². The molecule has 0 saturated carbocycles. The van der Waals surface area contributed by atoms with Crippen molar-refractivity contribution in [3.63, 3.8) is 0 Å². The van der Waals surface area contributed by atoms with Gasteiger partial charge in [-0.25, -0.2) is 8.42 Å². The summed E-state index contributed by atoms with van der Waals surface area (Å²) in [6, 6.07) is 13.8. The van der Waals surface area contributed by atoms with Crippen molar-refractivity contribution in [2.45, 2.75) is 17.1 Å². The monoisotopic (exact) mass is 509 g/mol. The lowest BCUT2D eigenvalue weighted by atomic mass is 10.1. The summed E-state index contributed by atoms with van der Waals surface area (Å²) >= 11 is 0. The van der Waals surface area contributed by atoms with Gasteiger partial charge in [0.15, 0.2) is 9.84 Å². The first-order valence-electron chi connectivity index (χ1n) is 12.3. The van der Waals surface area contributed by atoms with Gasteiger partial charge < -0.3 is 14.4 Å². The van der Waals surface area contributed by atoms with Crippen molar-refractivity contribution in [2.24, 2.45) is 5.92 Å². The van der Waals surface area contributed by atoms with E-state index < -0.39 is 9.84 Å². The van der Waals surface area contributed by atoms with Gasteiger partial charge in [0.1, 0.15) is 5.75 Å². The molecule has 0 spiro atoms. The summed E-state index contributed by atoms with van der Waals surface area (Å²) in [5, 5.41) is 0.772. The predicted molar refractivity (Wildman–Crippen MR) is 137 cm³/mol. The number of piperazine rings is 1. The van der Waals surface area contributed by atoms with Crippen molar-refractivity contribution in [1.29, 1.82) is 0 Å². The average molecular weight is 510 g/mol. The van der Waals surface area contributed by atoms with E-state index in [0.717, 1.165) is 44.7 Å². The van der Waals surface area contributed by atoms with Crippen LogP contribution in [0.5, 0.6) is 5.75 Å². The number of ether oxygens (including phenoxy) is 2. The SMILES string of the molecule is COc1cc(CS(=O)(=O)c2cccc3cccnc23)ccc1C(=O)N1CCN(CC2CCOC2)CC1. The summed E-state index contributed by atoms with van der Waals surface area (Å²) in [6.45, 7) is 5.66. The lowest BCUT2D eigenvalue weighted by Gasteiger charge is -2.36. The molecule has 1 atom stereocenters. The molecular formula is C27H31N3O5S. The number of amides is 1. The van der Waals surface area contributed by atoms with Crippen LogP contribution < -0.4 is 4.74 Å². The molecular weight excluding hydrogens is 478 g/mol. The third-order valence-corrected chi connectivity index (χ3v) is 8.70. The minimum Gasteiger partial charge on any atom is -0.496 e. The Kier molecular flexibility index (Phi) is 7.22. The molecule has 3 aromatic rings. The number of hydrogen-bond donors (Lipinski definition) is 0. The van der Waals surface area contributed by atoms with E-state index in [0.29, 0.717) is 41.4 Å². The Labute approximate surface area is 211 Å². The number of methoxy groups -OCH3 is 1. The molecule has 1 amide bonds. The van der Waals surface area contributed by atoms with E-state index in [1.807, 2.05) is 17.0 Å². The number of carbonyl (C=O) groups is 1. The number of para-hydroxylation sites is 1. The molecule has 2 saturated heterocycles. The molecule has 190 valence electrons. The molecule has 0 radical (unpaired) electrons. The molecule has 3 heterocycles. The van der Waals surface area contributed by atoms with Crippen LogP contribution >= 0.6 is 0 Å². The fourth-order valence-electron chi connectivity index (χ4n) is 5.02. The number of hydrogen-bond acceptors (Lipinski definition) is 7. The molecule has 0 N–H and O–H groups in total. The van der Waals surface area contributed by atoms with Crippen molar-refractivity contribution in [3.05, 3.63) is 65.9 Å². The largest absolute Gasteiger partial charge is 0.496 e. The van der Waals surface area contributed by atoms with Crippen LogP contribution in [0, 0.1) is 5.92 Å². The molecule has 1 unspecified atom stereocenters. The van der Waals surface area contributed by atoms with Crippen LogP contribution in [-0.2, 0) is 20.3 Å². The van der Waals surface area contributed by atoms with E-state index >= 15 is 0 Å². The molecule has 2 aromatic carbocycles. The maximum absolute atomic E-state index is 13.3. The van der Waals surface area contributed by atoms with Crippen LogP contribution in [0.1, 0.15) is 22.3 Å². The van der Waals surface area contributed by atoms with Crippen molar-refractivity contribution < 1.29 is 22.7 Å². The molecule has 5 rings (SSSR count). The lowest BCUT2D eigenvalue weighted by molar-refractivity contribution is 0.0608. The first-order valence-corrected chi connectivity index (χ1v) is 13.9. The topological polar surface area (TPSA) is 89.0 Å². The fraction of sp³-hybridized carbons (Fsp3) is 0.407. The first kappa shape index (κ1) is 24.7. The number of sulfone groups is 1. The number of nitrogens with zero attached hydrogens (tertiary/aromatic N) is 3. The van der Waals surface area contributed by atoms with Crippen LogP contribution in [0.4, 0.5) is 0 Å². The highest BCUT2D eigenvalue weighted by atomic mass is 32.2. The molecule has 36 heavy (non-hydrogen) atoms. The van der Waals surface area contributed by atoms with Gasteiger partial charge in [-0.3, -0.25) is 14.7 Å². The van der Waals surface area contributed by atoms with Gasteiger partial charge in [0.2, 0.25) is 0 Å². The van der Waals surface area contributed by atoms with E-state index in [4.69, 9.17) is 9.47 Å². The van der Waals surface area contributed by atoms with Crippen molar-refractivity contribution >= 4 is 26.6 Å². The number of pyridine rings is 1. The van der Waals surface area contributed by atoms with Gasteiger partial charge in [0, 0.05) is 50.9 Å². The second-order valence-corrected chi connectivity index (χ2v) is 11.4. The van der Waals surface area contributed by atoms with Crippen LogP contribution in [-0.4, -0.2) is 82.2 Å². The number of fused-ring (bicyclic) bond motifs is 1. The van der Waals surface area contributed by atoms with Gasteiger partial charge in [-0.1, -0.05) is 24.3 Å². The summed E-state index contributed by atoms with van der Waals surface area (Å²) < 4.78 is 37.5. The maximum Gasteiger partial charge on any atom is 0.257 e. The van der Waals surface area contributed by atoms with Crippen LogP contribution in [0.2, 0.25) is 0 Å². The summed E-state index contributed by atoms with van der Waals surface area (Å²) in [7, 11) is -2.16. The number of rotatable bonds is 7. The highest BCUT2D eigenvalue weighted by Crippen LogP contribution is 2.28. The summed E-state index contributed by atoms with van der Waals surface area (Å²) in [5.41, 5.74) is 1.46. The Morgan fingerprint density at radius 3 is 2.67 bits per heavy atom. The standard InChI is InChI=1S/C27H31N3O5S/c1-34-24-16-20(19-36(32,33)25-6-2-4-22-5-3-10-28-26(22)25)7-8-23(24)27(31)30-13-11-29(12-14-30)17-21-9-15-35-18-21/h2-8,10,16,21H,9,11-15,17-19H2,1H3. The van der Waals surface area contributed by atoms with Gasteiger partial charge in [-0.15, -0.1) is 0 Å². The number of benzene rings is 2. The fourth-order valence-corrected chi connectivity index (χ4v) is 6.55. The van der Waals surface area contributed by atoms with Gasteiger partial charge in [-0.2, -0.15) is 0 Å². The number of aromatic nitrogens is 1. The zero-order chi connectivity index (χ0) is 25.1. The Morgan fingerprint density at radius 1 is 1.11 bits per heavy atom. The molecule has 2 fully saturated rings. The second-order valence-electron chi connectivity index (χ2n) is 9.45. The summed E-state index contributed by atoms with van der Waals surface area (Å²) in [6.07, 6.45) is 2.70. The molecule has 2 aliphatic rings. The highest BCUT2D eigenvalue weighted by Gasteiger charge is 2.27. The summed E-state index contributed by atoms with van der Waals surface area (Å²) in [5.74, 6) is 0.662. The summed E-state index contributed by atoms with van der Waals surface area (Å²) in [4.78, 5) is 22.0. The molecule has 0 bridgehead atoms. The Bertz CT molecular complexity index is 1340. The van der Waals surface area contributed by atoms with E-state index in [1.54, 1.807) is 42.6 Å². The lowest BCUT2D eigenvalue weighted by Crippen LogP contribution is -2.49. The first-order chi connectivity index (χ1) is 17.4. The maximum atomic E-state index is 13.3. The Morgan fingerprint density at radius 2 is 1.92 bits per heavy atom. The zero-order valence-corrected chi connectivity index (χ0v) is 21.2. The molecule has 8 nitrogen and oxygen atoms in total. The third-order valence-electron chi connectivity index (χ3n) is 6.98. The minimum absolute atomic E-state index is 0.0941. The smallest absolute Gasteiger partial charge is 0.257 e. The Hall–Kier alpha value is -3.01. The minimum atomic E-state index is -3.66. The van der Waals surface area contributed by atoms with Gasteiger partial charge in [0.25, 0.3) is 5.91 Å². The van der Waals surface area contributed by atoms with Gasteiger partial charge in [-0.05, 0) is 42.2 Å². The van der Waals surface area contributed by atoms with Crippen molar-refractivity contribution in [3.8, 4) is 5.75 Å². The van der Waals surface area contributed by atoms with E-state index in [2.05, 4.69) is 9.88 Å². The van der Waals surface area contributed by atoms with Crippen molar-refractivity contribution in [2.75, 3.05) is 53.0 Å². The average Bonchev–Trinajstić information content (AvgIpc) is 3.41. The van der Waals surface area contributed by atoms with Crippen LogP contribution in [0.3, 0.4) is 0 Å². The third kappa shape index (κ3) is 5.23. The van der Waals surface area contributed by atoms with Gasteiger partial charge >= 0.3 is 0 Å². The second kappa shape index (κ2) is 10.5. The Balaban J connectivity index is 1.29. The normalized spacial score (nSPS) is 19.0.